The Kier molecular flexibility index (Phi) is 2.81. The molecule has 0 aliphatic heterocycles. The third kappa shape index (κ3) is 1.99. The predicted octanol–water partition coefficient (Wildman–Crippen LogP) is 2.17. The van der Waals surface area contributed by atoms with Gasteiger partial charge in [0.05, 0.1) is 10.6 Å². The molecule has 0 spiro atoms. The summed E-state index contributed by atoms with van der Waals surface area (Å²) in [7, 11) is 0. The third-order valence-electron chi connectivity index (χ3n) is 2.24. The first kappa shape index (κ1) is 11.5. The minimum absolute atomic E-state index is 0.148. The topological polar surface area (TPSA) is 60.4 Å². The molecule has 0 saturated carbocycles. The van der Waals surface area contributed by atoms with Crippen LogP contribution in [0.3, 0.4) is 0 Å². The van der Waals surface area contributed by atoms with E-state index in [1.54, 1.807) is 6.07 Å². The highest BCUT2D eigenvalue weighted by Crippen LogP contribution is 2.27. The molecule has 0 unspecified atom stereocenters. The lowest BCUT2D eigenvalue weighted by Crippen LogP contribution is -2.20. The molecule has 1 aliphatic rings. The first-order valence-corrected chi connectivity index (χ1v) is 5.16. The monoisotopic (exact) mass is 250 g/mol. The van der Waals surface area contributed by atoms with Crippen LogP contribution in [0.2, 0.25) is 5.02 Å². The van der Waals surface area contributed by atoms with E-state index >= 15 is 0 Å². The van der Waals surface area contributed by atoms with Gasteiger partial charge in [-0.3, -0.25) is 14.4 Å². The average molecular weight is 251 g/mol. The highest BCUT2D eigenvalue weighted by molar-refractivity contribution is 6.37. The largest absolute Gasteiger partial charge is 0.422 e. The van der Waals surface area contributed by atoms with Crippen molar-refractivity contribution in [2.75, 3.05) is 0 Å². The van der Waals surface area contributed by atoms with E-state index in [1.165, 1.54) is 12.1 Å². The number of ether oxygens (including phenoxy) is 1. The number of benzene rings is 1. The molecule has 0 fully saturated rings. The molecule has 0 atom stereocenters. The van der Waals surface area contributed by atoms with Gasteiger partial charge in [0.2, 0.25) is 5.78 Å². The zero-order valence-electron chi connectivity index (χ0n) is 8.82. The number of esters is 1. The van der Waals surface area contributed by atoms with E-state index in [0.717, 1.165) is 13.0 Å². The van der Waals surface area contributed by atoms with Gasteiger partial charge in [0, 0.05) is 18.6 Å². The number of allylic oxidation sites excluding steroid dienone is 2. The zero-order valence-corrected chi connectivity index (χ0v) is 9.58. The van der Waals surface area contributed by atoms with Crippen molar-refractivity contribution in [2.24, 2.45) is 0 Å². The maximum Gasteiger partial charge on any atom is 0.308 e. The molecule has 0 aromatic heterocycles. The van der Waals surface area contributed by atoms with Crippen molar-refractivity contribution >= 4 is 29.1 Å². The lowest BCUT2D eigenvalue weighted by atomic mass is 9.93. The zero-order chi connectivity index (χ0) is 12.6. The van der Waals surface area contributed by atoms with Crippen LogP contribution in [0, 0.1) is 0 Å². The van der Waals surface area contributed by atoms with Crippen LogP contribution in [0.5, 0.6) is 0 Å². The quantitative estimate of drug-likeness (QED) is 0.717. The molecule has 5 heteroatoms. The number of ketones is 2. The second-order valence-corrected chi connectivity index (χ2v) is 3.87. The fraction of sp³-hybridized carbons (Fsp3) is 0.0833. The lowest BCUT2D eigenvalue weighted by molar-refractivity contribution is -0.136. The van der Waals surface area contributed by atoms with Crippen molar-refractivity contribution in [3.63, 3.8) is 0 Å². The van der Waals surface area contributed by atoms with Gasteiger partial charge in [0.25, 0.3) is 0 Å². The summed E-state index contributed by atoms with van der Waals surface area (Å²) in [4.78, 5) is 34.4. The predicted molar refractivity (Wildman–Crippen MR) is 60.0 cm³/mol. The first-order valence-electron chi connectivity index (χ1n) is 4.78. The second-order valence-electron chi connectivity index (χ2n) is 3.46. The maximum absolute atomic E-state index is 11.9. The molecule has 0 bridgehead atoms. The summed E-state index contributed by atoms with van der Waals surface area (Å²) in [5, 5.41) is 0.207. The Morgan fingerprint density at radius 1 is 1.29 bits per heavy atom. The van der Waals surface area contributed by atoms with E-state index in [2.05, 4.69) is 4.74 Å². The average Bonchev–Trinajstić information content (AvgIpc) is 2.24. The van der Waals surface area contributed by atoms with E-state index in [9.17, 15) is 14.4 Å². The molecule has 0 saturated heterocycles. The number of hydrogen-bond acceptors (Lipinski definition) is 4. The van der Waals surface area contributed by atoms with Crippen LogP contribution in [0.4, 0.5) is 0 Å². The smallest absolute Gasteiger partial charge is 0.308 e. The van der Waals surface area contributed by atoms with Crippen molar-refractivity contribution in [2.45, 2.75) is 6.92 Å². The van der Waals surface area contributed by atoms with Crippen LogP contribution in [-0.2, 0) is 9.53 Å². The normalized spacial score (nSPS) is 14.1. The molecule has 2 rings (SSSR count). The van der Waals surface area contributed by atoms with E-state index < -0.39 is 17.5 Å². The Balaban J connectivity index is 2.53. The van der Waals surface area contributed by atoms with E-state index in [1.807, 2.05) is 0 Å². The summed E-state index contributed by atoms with van der Waals surface area (Å²) in [5.41, 5.74) is 0.302. The Morgan fingerprint density at radius 3 is 2.65 bits per heavy atom. The maximum atomic E-state index is 11.9. The summed E-state index contributed by atoms with van der Waals surface area (Å²) < 4.78 is 4.68. The van der Waals surface area contributed by atoms with Gasteiger partial charge in [-0.2, -0.15) is 0 Å². The Morgan fingerprint density at radius 2 is 2.00 bits per heavy atom. The van der Waals surface area contributed by atoms with Crippen molar-refractivity contribution in [3.05, 3.63) is 46.2 Å². The molecule has 1 aromatic carbocycles. The van der Waals surface area contributed by atoms with Crippen LogP contribution < -0.4 is 0 Å². The number of halogens is 1. The van der Waals surface area contributed by atoms with Gasteiger partial charge >= 0.3 is 5.97 Å². The lowest BCUT2D eigenvalue weighted by Gasteiger charge is -2.14. The van der Waals surface area contributed by atoms with Gasteiger partial charge in [-0.25, -0.2) is 0 Å². The van der Waals surface area contributed by atoms with E-state index in [-0.39, 0.29) is 21.9 Å². The molecule has 0 radical (unpaired) electrons. The molecule has 0 N–H and O–H groups in total. The number of carbonyl (C=O) groups excluding carboxylic acids is 3. The summed E-state index contributed by atoms with van der Waals surface area (Å²) in [6.45, 7) is 1.16. The minimum Gasteiger partial charge on any atom is -0.422 e. The van der Waals surface area contributed by atoms with E-state index in [0.29, 0.717) is 0 Å². The van der Waals surface area contributed by atoms with Crippen LogP contribution in [0.1, 0.15) is 27.6 Å². The van der Waals surface area contributed by atoms with Crippen LogP contribution >= 0.6 is 11.6 Å². The van der Waals surface area contributed by atoms with Gasteiger partial charge in [0.15, 0.2) is 11.5 Å². The van der Waals surface area contributed by atoms with Crippen LogP contribution in [0.15, 0.2) is 30.0 Å². The van der Waals surface area contributed by atoms with Gasteiger partial charge in [-0.05, 0) is 6.07 Å². The van der Waals surface area contributed by atoms with Crippen molar-refractivity contribution in [3.8, 4) is 0 Å². The summed E-state index contributed by atoms with van der Waals surface area (Å²) in [6.07, 6.45) is 0.984. The van der Waals surface area contributed by atoms with Crippen molar-refractivity contribution < 1.29 is 19.1 Å². The molecular formula is C12H7ClO4. The third-order valence-corrected chi connectivity index (χ3v) is 2.56. The van der Waals surface area contributed by atoms with Crippen LogP contribution in [0.25, 0.3) is 0 Å². The number of Topliss-reactive ketones (excluding diaryl/α,β-unsaturated/α-hetero) is 1. The Hall–Kier alpha value is -1.94. The van der Waals surface area contributed by atoms with Gasteiger partial charge in [0.1, 0.15) is 0 Å². The Labute approximate surface area is 102 Å². The summed E-state index contributed by atoms with van der Waals surface area (Å²) in [5.74, 6) is -1.88. The molecule has 1 aliphatic carbocycles. The Bertz CT molecular complexity index is 572. The second kappa shape index (κ2) is 4.14. The highest BCUT2D eigenvalue weighted by atomic mass is 35.5. The van der Waals surface area contributed by atoms with Crippen LogP contribution in [-0.4, -0.2) is 17.5 Å². The van der Waals surface area contributed by atoms with Gasteiger partial charge in [-0.1, -0.05) is 23.7 Å². The molecule has 0 amide bonds. The highest BCUT2D eigenvalue weighted by Gasteiger charge is 2.29. The molecule has 0 heterocycles. The number of rotatable bonds is 1. The molecule has 17 heavy (non-hydrogen) atoms. The summed E-state index contributed by atoms with van der Waals surface area (Å²) >= 11 is 5.85. The van der Waals surface area contributed by atoms with Gasteiger partial charge in [-0.15, -0.1) is 0 Å². The fourth-order valence-corrected chi connectivity index (χ4v) is 1.85. The van der Waals surface area contributed by atoms with Crippen molar-refractivity contribution in [1.82, 2.24) is 0 Å². The molecule has 86 valence electrons. The molecular weight excluding hydrogens is 244 g/mol. The molecule has 1 aromatic rings. The fourth-order valence-electron chi connectivity index (χ4n) is 1.58. The number of fused-ring (bicyclic) bond motifs is 1. The standard InChI is InChI=1S/C12H7ClO4/c1-6(14)17-10-5-9(15)11-7(12(10)16)3-2-4-8(11)13/h2-5H,1H3. The minimum atomic E-state index is -0.650. The first-order chi connectivity index (χ1) is 8.00. The number of hydrogen-bond donors (Lipinski definition) is 0. The summed E-state index contributed by atoms with van der Waals surface area (Å²) in [6, 6.07) is 4.55. The molecule has 4 nitrogen and oxygen atoms in total. The van der Waals surface area contributed by atoms with Gasteiger partial charge < -0.3 is 4.74 Å². The number of carbonyl (C=O) groups is 3. The van der Waals surface area contributed by atoms with E-state index in [4.69, 9.17) is 11.6 Å². The SMILES string of the molecule is CC(=O)OC1=CC(=O)c2c(Cl)cccc2C1=O. The van der Waals surface area contributed by atoms with Crippen molar-refractivity contribution in [1.29, 1.82) is 0 Å².